The minimum Gasteiger partial charge on any atom is -0.352 e. The Kier molecular flexibility index (Phi) is 5.17. The summed E-state index contributed by atoms with van der Waals surface area (Å²) in [5, 5.41) is 4.47. The van der Waals surface area contributed by atoms with Crippen molar-refractivity contribution in [2.45, 2.75) is 29.3 Å². The molecule has 136 valence electrons. The molecular formula is C17H14F3N3O2S. The third kappa shape index (κ3) is 4.34. The van der Waals surface area contributed by atoms with E-state index in [0.29, 0.717) is 11.4 Å². The standard InChI is InChI=1S/C17H14F3N3O2S/c18-17(19,20)11-1-2-13-12(7-11)23-16(25)14(26-13)8-15(24)22-9-10-3-5-21-6-4-10/h1-7,14H,8-9H2,(H,22,24)(H,23,25). The first-order chi connectivity index (χ1) is 12.3. The van der Waals surface area contributed by atoms with Gasteiger partial charge in [0.25, 0.3) is 0 Å². The molecule has 0 fully saturated rings. The Labute approximate surface area is 151 Å². The summed E-state index contributed by atoms with van der Waals surface area (Å²) >= 11 is 1.08. The zero-order valence-electron chi connectivity index (χ0n) is 13.3. The molecule has 1 aromatic carbocycles. The summed E-state index contributed by atoms with van der Waals surface area (Å²) in [6, 6.07) is 6.70. The molecule has 1 aromatic heterocycles. The summed E-state index contributed by atoms with van der Waals surface area (Å²) in [6.07, 6.45) is -1.33. The zero-order valence-corrected chi connectivity index (χ0v) is 14.2. The first-order valence-electron chi connectivity index (χ1n) is 7.67. The highest BCUT2D eigenvalue weighted by Gasteiger charge is 2.34. The van der Waals surface area contributed by atoms with E-state index >= 15 is 0 Å². The van der Waals surface area contributed by atoms with Gasteiger partial charge in [-0.25, -0.2) is 0 Å². The fourth-order valence-corrected chi connectivity index (χ4v) is 3.49. The molecule has 2 aromatic rings. The molecule has 2 N–H and O–H groups in total. The monoisotopic (exact) mass is 381 g/mol. The summed E-state index contributed by atoms with van der Waals surface area (Å²) in [6.45, 7) is 0.311. The van der Waals surface area contributed by atoms with E-state index < -0.39 is 22.9 Å². The molecule has 1 aliphatic rings. The first kappa shape index (κ1) is 18.2. The summed E-state index contributed by atoms with van der Waals surface area (Å²) in [7, 11) is 0. The van der Waals surface area contributed by atoms with Crippen LogP contribution in [0.3, 0.4) is 0 Å². The molecule has 1 aliphatic heterocycles. The van der Waals surface area contributed by atoms with Crippen molar-refractivity contribution < 1.29 is 22.8 Å². The van der Waals surface area contributed by atoms with E-state index in [1.807, 2.05) is 0 Å². The molecule has 1 unspecified atom stereocenters. The van der Waals surface area contributed by atoms with E-state index in [0.717, 1.165) is 29.5 Å². The number of nitrogens with one attached hydrogen (secondary N) is 2. The Morgan fingerprint density at radius 3 is 2.65 bits per heavy atom. The third-order valence-corrected chi connectivity index (χ3v) is 5.01. The lowest BCUT2D eigenvalue weighted by Crippen LogP contribution is -2.34. The van der Waals surface area contributed by atoms with Crippen LogP contribution in [0.2, 0.25) is 0 Å². The van der Waals surface area contributed by atoms with Gasteiger partial charge in [0.15, 0.2) is 0 Å². The van der Waals surface area contributed by atoms with Crippen LogP contribution in [0.15, 0.2) is 47.6 Å². The Morgan fingerprint density at radius 1 is 1.23 bits per heavy atom. The average Bonchev–Trinajstić information content (AvgIpc) is 2.60. The molecular weight excluding hydrogens is 367 g/mol. The van der Waals surface area contributed by atoms with Crippen LogP contribution < -0.4 is 10.6 Å². The number of alkyl halides is 3. The summed E-state index contributed by atoms with van der Waals surface area (Å²) in [5.41, 5.74) is 0.160. The second kappa shape index (κ2) is 7.36. The maximum atomic E-state index is 12.8. The van der Waals surface area contributed by atoms with Crippen molar-refractivity contribution in [1.82, 2.24) is 10.3 Å². The smallest absolute Gasteiger partial charge is 0.352 e. The predicted molar refractivity (Wildman–Crippen MR) is 90.4 cm³/mol. The van der Waals surface area contributed by atoms with E-state index in [4.69, 9.17) is 0 Å². The van der Waals surface area contributed by atoms with E-state index in [9.17, 15) is 22.8 Å². The number of hydrogen-bond acceptors (Lipinski definition) is 4. The molecule has 2 amide bonds. The molecule has 0 radical (unpaired) electrons. The fraction of sp³-hybridized carbons (Fsp3) is 0.235. The van der Waals surface area contributed by atoms with Gasteiger partial charge in [-0.05, 0) is 35.9 Å². The Bertz CT molecular complexity index is 828. The van der Waals surface area contributed by atoms with E-state index in [1.165, 1.54) is 6.07 Å². The van der Waals surface area contributed by atoms with Crippen molar-refractivity contribution in [2.75, 3.05) is 5.32 Å². The van der Waals surface area contributed by atoms with Crippen LogP contribution in [0.5, 0.6) is 0 Å². The molecule has 9 heteroatoms. The van der Waals surface area contributed by atoms with Crippen LogP contribution in [-0.4, -0.2) is 22.0 Å². The largest absolute Gasteiger partial charge is 0.416 e. The van der Waals surface area contributed by atoms with Crippen molar-refractivity contribution in [1.29, 1.82) is 0 Å². The van der Waals surface area contributed by atoms with E-state index in [1.54, 1.807) is 24.5 Å². The summed E-state index contributed by atoms with van der Waals surface area (Å²) in [5.74, 6) is -0.800. The van der Waals surface area contributed by atoms with Crippen molar-refractivity contribution in [3.63, 3.8) is 0 Å². The SMILES string of the molecule is O=C(CC1Sc2ccc(C(F)(F)F)cc2NC1=O)NCc1ccncc1. The summed E-state index contributed by atoms with van der Waals surface area (Å²) in [4.78, 5) is 28.6. The minimum absolute atomic E-state index is 0.0674. The molecule has 26 heavy (non-hydrogen) atoms. The molecule has 2 heterocycles. The first-order valence-corrected chi connectivity index (χ1v) is 8.55. The topological polar surface area (TPSA) is 71.1 Å². The van der Waals surface area contributed by atoms with Gasteiger partial charge in [-0.3, -0.25) is 14.6 Å². The van der Waals surface area contributed by atoms with Crippen molar-refractivity contribution in [3.8, 4) is 0 Å². The lowest BCUT2D eigenvalue weighted by molar-refractivity contribution is -0.137. The van der Waals surface area contributed by atoms with Gasteiger partial charge in [0.1, 0.15) is 0 Å². The maximum Gasteiger partial charge on any atom is 0.416 e. The molecule has 0 aliphatic carbocycles. The van der Waals surface area contributed by atoms with Crippen LogP contribution in [0.4, 0.5) is 18.9 Å². The van der Waals surface area contributed by atoms with Gasteiger partial charge < -0.3 is 10.6 Å². The number of thioether (sulfide) groups is 1. The predicted octanol–water partition coefficient (Wildman–Crippen LogP) is 3.22. The summed E-state index contributed by atoms with van der Waals surface area (Å²) < 4.78 is 38.3. The van der Waals surface area contributed by atoms with Crippen molar-refractivity contribution >= 4 is 29.3 Å². The highest BCUT2D eigenvalue weighted by Crippen LogP contribution is 2.40. The number of nitrogens with zero attached hydrogens (tertiary/aromatic N) is 1. The van der Waals surface area contributed by atoms with E-state index in [2.05, 4.69) is 15.6 Å². The minimum atomic E-state index is -4.48. The Balaban J connectivity index is 1.62. The third-order valence-electron chi connectivity index (χ3n) is 3.74. The van der Waals surface area contributed by atoms with Gasteiger partial charge in [-0.1, -0.05) is 0 Å². The fourth-order valence-electron chi connectivity index (χ4n) is 2.40. The lowest BCUT2D eigenvalue weighted by Gasteiger charge is -2.24. The highest BCUT2D eigenvalue weighted by atomic mass is 32.2. The number of carbonyl (C=O) groups is 2. The molecule has 0 bridgehead atoms. The number of carbonyl (C=O) groups excluding carboxylic acids is 2. The molecule has 0 saturated heterocycles. The van der Waals surface area contributed by atoms with Crippen molar-refractivity contribution in [2.24, 2.45) is 0 Å². The number of amides is 2. The number of anilines is 1. The molecule has 1 atom stereocenters. The number of halogens is 3. The zero-order chi connectivity index (χ0) is 18.7. The quantitative estimate of drug-likeness (QED) is 0.853. The van der Waals surface area contributed by atoms with Crippen LogP contribution in [0, 0.1) is 0 Å². The molecule has 0 saturated carbocycles. The van der Waals surface area contributed by atoms with Gasteiger partial charge >= 0.3 is 6.18 Å². The van der Waals surface area contributed by atoms with Crippen LogP contribution >= 0.6 is 11.8 Å². The number of pyridine rings is 1. The number of rotatable bonds is 4. The molecule has 3 rings (SSSR count). The van der Waals surface area contributed by atoms with Gasteiger partial charge in [0, 0.05) is 30.3 Å². The van der Waals surface area contributed by atoms with Crippen LogP contribution in [-0.2, 0) is 22.3 Å². The maximum absolute atomic E-state index is 12.8. The average molecular weight is 381 g/mol. The number of hydrogen-bond donors (Lipinski definition) is 2. The van der Waals surface area contributed by atoms with Gasteiger partial charge in [-0.2, -0.15) is 13.2 Å². The molecule has 5 nitrogen and oxygen atoms in total. The Morgan fingerprint density at radius 2 is 1.96 bits per heavy atom. The van der Waals surface area contributed by atoms with Crippen molar-refractivity contribution in [3.05, 3.63) is 53.9 Å². The van der Waals surface area contributed by atoms with Gasteiger partial charge in [-0.15, -0.1) is 11.8 Å². The Hall–Kier alpha value is -2.55. The molecule has 0 spiro atoms. The van der Waals surface area contributed by atoms with Gasteiger partial charge in [0.05, 0.1) is 16.5 Å². The van der Waals surface area contributed by atoms with Crippen LogP contribution in [0.25, 0.3) is 0 Å². The van der Waals surface area contributed by atoms with E-state index in [-0.39, 0.29) is 18.0 Å². The van der Waals surface area contributed by atoms with Gasteiger partial charge in [0.2, 0.25) is 11.8 Å². The second-order valence-electron chi connectivity index (χ2n) is 5.64. The highest BCUT2D eigenvalue weighted by molar-refractivity contribution is 8.01. The number of aromatic nitrogens is 1. The number of fused-ring (bicyclic) bond motifs is 1. The van der Waals surface area contributed by atoms with Crippen LogP contribution in [0.1, 0.15) is 17.5 Å². The second-order valence-corrected chi connectivity index (χ2v) is 6.89. The lowest BCUT2D eigenvalue weighted by atomic mass is 10.1. The normalized spacial score (nSPS) is 16.6. The number of benzene rings is 1.